The maximum Gasteiger partial charge on any atom is 0.302 e. The molecule has 1 aromatic rings. The topological polar surface area (TPSA) is 169 Å². The summed E-state index contributed by atoms with van der Waals surface area (Å²) in [4.78, 5) is 48.2. The number of carbonyl (C=O) groups excluding carboxylic acids is 3. The standard InChI is InChI=1S/C16H21ClN8O3/c17-11-13(19)22-12(18)10(21-11)14(28)23-15-20-8-16(24-15)3-5-25(6-4-16)9(27)2-1-7-26/h7H,1-6,8H2,(H4,18,19,22)(H2,20,23,24,28). The molecule has 28 heavy (non-hydrogen) atoms. The number of hydrogen-bond acceptors (Lipinski definition) is 7. The quantitative estimate of drug-likeness (QED) is 0.471. The summed E-state index contributed by atoms with van der Waals surface area (Å²) in [5.41, 5.74) is 10.7. The molecule has 0 atom stereocenters. The molecule has 0 saturated carbocycles. The molecule has 0 unspecified atom stereocenters. The Labute approximate surface area is 165 Å². The summed E-state index contributed by atoms with van der Waals surface area (Å²) in [6, 6.07) is 0. The van der Waals surface area contributed by atoms with Crippen LogP contribution in [0.1, 0.15) is 36.2 Å². The number of guanidine groups is 1. The maximum atomic E-state index is 12.4. The number of nitrogens with zero attached hydrogens (tertiary/aromatic N) is 4. The van der Waals surface area contributed by atoms with Gasteiger partial charge in [-0.15, -0.1) is 0 Å². The van der Waals surface area contributed by atoms with Crippen LogP contribution in [0.3, 0.4) is 0 Å². The van der Waals surface area contributed by atoms with Crippen molar-refractivity contribution in [2.45, 2.75) is 31.2 Å². The van der Waals surface area contributed by atoms with Gasteiger partial charge in [0.25, 0.3) is 0 Å². The van der Waals surface area contributed by atoms with E-state index in [2.05, 4.69) is 25.6 Å². The molecule has 0 aromatic carbocycles. The average molecular weight is 409 g/mol. The van der Waals surface area contributed by atoms with Gasteiger partial charge in [0.2, 0.25) is 5.91 Å². The van der Waals surface area contributed by atoms with Crippen molar-refractivity contribution in [2.24, 2.45) is 4.99 Å². The highest BCUT2D eigenvalue weighted by Crippen LogP contribution is 2.25. The molecule has 3 heterocycles. The minimum atomic E-state index is -0.694. The third-order valence-electron chi connectivity index (χ3n) is 4.85. The minimum Gasteiger partial charge on any atom is -0.382 e. The monoisotopic (exact) mass is 408 g/mol. The van der Waals surface area contributed by atoms with Crippen molar-refractivity contribution in [1.82, 2.24) is 25.5 Å². The van der Waals surface area contributed by atoms with E-state index >= 15 is 0 Å². The normalized spacial score (nSPS) is 19.3. The van der Waals surface area contributed by atoms with Crippen molar-refractivity contribution in [1.29, 1.82) is 0 Å². The van der Waals surface area contributed by atoms with Gasteiger partial charge in [-0.1, -0.05) is 11.6 Å². The molecule has 2 fully saturated rings. The van der Waals surface area contributed by atoms with Gasteiger partial charge in [-0.05, 0) is 12.8 Å². The first-order chi connectivity index (χ1) is 13.3. The van der Waals surface area contributed by atoms with Crippen LogP contribution in [0, 0.1) is 0 Å². The molecule has 2 aliphatic rings. The molecule has 2 saturated heterocycles. The van der Waals surface area contributed by atoms with Crippen LogP contribution in [0.2, 0.25) is 5.15 Å². The van der Waals surface area contributed by atoms with Gasteiger partial charge in [0.1, 0.15) is 6.29 Å². The Bertz CT molecular complexity index is 835. The number of halogens is 1. The fourth-order valence-electron chi connectivity index (χ4n) is 3.24. The third kappa shape index (κ3) is 4.14. The van der Waals surface area contributed by atoms with E-state index in [1.165, 1.54) is 0 Å². The molecule has 2 amide bonds. The summed E-state index contributed by atoms with van der Waals surface area (Å²) in [5.74, 6) is -0.619. The van der Waals surface area contributed by atoms with Crippen molar-refractivity contribution < 1.29 is 14.4 Å². The van der Waals surface area contributed by atoms with Crippen molar-refractivity contribution in [3.63, 3.8) is 0 Å². The fraction of sp³-hybridized carbons (Fsp3) is 0.500. The molecule has 150 valence electrons. The van der Waals surface area contributed by atoms with E-state index in [0.717, 1.165) is 6.29 Å². The van der Waals surface area contributed by atoms with E-state index in [1.54, 1.807) is 4.90 Å². The summed E-state index contributed by atoms with van der Waals surface area (Å²) < 4.78 is 0. The van der Waals surface area contributed by atoms with Gasteiger partial charge in [-0.2, -0.15) is 4.99 Å². The number of rotatable bonds is 4. The number of aliphatic imine (C=N–C) groups is 1. The minimum absolute atomic E-state index is 0.0220. The van der Waals surface area contributed by atoms with E-state index in [0.29, 0.717) is 38.4 Å². The number of anilines is 2. The number of carbonyl (C=O) groups is 3. The van der Waals surface area contributed by atoms with Crippen molar-refractivity contribution in [2.75, 3.05) is 31.1 Å². The first kappa shape index (κ1) is 19.8. The summed E-state index contributed by atoms with van der Waals surface area (Å²) in [7, 11) is 0. The number of aromatic nitrogens is 2. The largest absolute Gasteiger partial charge is 0.382 e. The predicted octanol–water partition coefficient (Wildman–Crippen LogP) is -0.676. The molecular weight excluding hydrogens is 388 g/mol. The van der Waals surface area contributed by atoms with Crippen LogP contribution in [-0.2, 0) is 9.59 Å². The van der Waals surface area contributed by atoms with Crippen LogP contribution in [-0.4, -0.2) is 64.1 Å². The summed E-state index contributed by atoms with van der Waals surface area (Å²) in [6.07, 6.45) is 2.60. The highest BCUT2D eigenvalue weighted by Gasteiger charge is 2.40. The van der Waals surface area contributed by atoms with E-state index in [1.807, 2.05) is 0 Å². The lowest BCUT2D eigenvalue weighted by molar-refractivity contribution is -0.133. The summed E-state index contributed by atoms with van der Waals surface area (Å²) >= 11 is 5.80. The molecule has 1 spiro atoms. The van der Waals surface area contributed by atoms with E-state index < -0.39 is 5.91 Å². The van der Waals surface area contributed by atoms with Gasteiger partial charge in [-0.3, -0.25) is 9.59 Å². The molecule has 0 aliphatic carbocycles. The third-order valence-corrected chi connectivity index (χ3v) is 5.13. The highest BCUT2D eigenvalue weighted by molar-refractivity contribution is 6.31. The zero-order chi connectivity index (χ0) is 20.3. The van der Waals surface area contributed by atoms with E-state index in [4.69, 9.17) is 23.1 Å². The van der Waals surface area contributed by atoms with Crippen LogP contribution in [0.5, 0.6) is 0 Å². The maximum absolute atomic E-state index is 12.4. The van der Waals surface area contributed by atoms with Crippen molar-refractivity contribution in [3.8, 4) is 0 Å². The number of nitrogens with one attached hydrogen (secondary N) is 2. The fourth-order valence-corrected chi connectivity index (χ4v) is 3.37. The predicted molar refractivity (Wildman–Crippen MR) is 103 cm³/mol. The molecular formula is C16H21ClN8O3. The number of piperidine rings is 1. The Morgan fingerprint density at radius 2 is 1.96 bits per heavy atom. The number of nitrogens with two attached hydrogens (primary N) is 2. The van der Waals surface area contributed by atoms with Gasteiger partial charge in [0.05, 0.1) is 5.54 Å². The number of hydrogen-bond donors (Lipinski definition) is 4. The number of amides is 2. The van der Waals surface area contributed by atoms with Crippen molar-refractivity contribution in [3.05, 3.63) is 10.8 Å². The SMILES string of the molecule is Nc1nc(N)c(C(=O)/N=C2\NCC3(CCN(C(=O)CCC=O)CC3)N2)nc1Cl. The Morgan fingerprint density at radius 1 is 1.25 bits per heavy atom. The lowest BCUT2D eigenvalue weighted by Crippen LogP contribution is -2.53. The number of nitrogen functional groups attached to an aromatic ring is 2. The highest BCUT2D eigenvalue weighted by atomic mass is 35.5. The van der Waals surface area contributed by atoms with E-state index in [9.17, 15) is 14.4 Å². The van der Waals surface area contributed by atoms with Gasteiger partial charge in [-0.25, -0.2) is 9.97 Å². The van der Waals surface area contributed by atoms with Gasteiger partial charge >= 0.3 is 5.91 Å². The van der Waals surface area contributed by atoms with Gasteiger partial charge < -0.3 is 31.8 Å². The Hall–Kier alpha value is -2.95. The first-order valence-electron chi connectivity index (χ1n) is 8.78. The molecule has 0 bridgehead atoms. The average Bonchev–Trinajstić information content (AvgIpc) is 3.05. The van der Waals surface area contributed by atoms with Crippen LogP contribution >= 0.6 is 11.6 Å². The first-order valence-corrected chi connectivity index (χ1v) is 9.16. The Kier molecular flexibility index (Phi) is 5.63. The molecule has 2 aliphatic heterocycles. The molecule has 3 rings (SSSR count). The molecule has 11 nitrogen and oxygen atoms in total. The molecule has 0 radical (unpaired) electrons. The second kappa shape index (κ2) is 7.97. The van der Waals surface area contributed by atoms with Crippen LogP contribution in [0.15, 0.2) is 4.99 Å². The Balaban J connectivity index is 1.62. The van der Waals surface area contributed by atoms with Crippen molar-refractivity contribution >= 4 is 47.3 Å². The lowest BCUT2D eigenvalue weighted by atomic mass is 9.88. The molecule has 6 N–H and O–H groups in total. The second-order valence-corrected chi connectivity index (χ2v) is 7.10. The number of aldehydes is 1. The van der Waals surface area contributed by atoms with E-state index in [-0.39, 0.29) is 46.8 Å². The zero-order valence-electron chi connectivity index (χ0n) is 15.1. The lowest BCUT2D eigenvalue weighted by Gasteiger charge is -2.38. The van der Waals surface area contributed by atoms with Crippen LogP contribution in [0.25, 0.3) is 0 Å². The second-order valence-electron chi connectivity index (χ2n) is 6.74. The van der Waals surface area contributed by atoms with Gasteiger partial charge in [0, 0.05) is 32.5 Å². The molecule has 1 aromatic heterocycles. The molecule has 12 heteroatoms. The number of likely N-dealkylation sites (tertiary alicyclic amines) is 1. The van der Waals surface area contributed by atoms with Crippen LogP contribution in [0.4, 0.5) is 11.6 Å². The smallest absolute Gasteiger partial charge is 0.302 e. The summed E-state index contributed by atoms with van der Waals surface area (Å²) in [6.45, 7) is 1.71. The van der Waals surface area contributed by atoms with Gasteiger partial charge in [0.15, 0.2) is 28.4 Å². The van der Waals surface area contributed by atoms with Crippen LogP contribution < -0.4 is 22.1 Å². The summed E-state index contributed by atoms with van der Waals surface area (Å²) in [5, 5.41) is 6.18. The zero-order valence-corrected chi connectivity index (χ0v) is 15.8. The Morgan fingerprint density at radius 3 is 2.64 bits per heavy atom.